The fraction of sp³-hybridized carbons (Fsp3) is 0. The van der Waals surface area contributed by atoms with Crippen LogP contribution in [0.4, 0.5) is 5.95 Å². The topological polar surface area (TPSA) is 151 Å². The fourth-order valence-corrected chi connectivity index (χ4v) is 1.58. The van der Waals surface area contributed by atoms with Crippen LogP contribution in [0.15, 0.2) is 46.2 Å². The normalized spacial score (nSPS) is 11.7. The lowest BCUT2D eigenvalue weighted by Gasteiger charge is -2.01. The highest BCUT2D eigenvalue weighted by Gasteiger charge is 2.04. The summed E-state index contributed by atoms with van der Waals surface area (Å²) in [4.78, 5) is 43.6. The molecule has 112 valence electrons. The van der Waals surface area contributed by atoms with Gasteiger partial charge < -0.3 is 10.8 Å². The number of benzene rings is 1. The molecular weight excluding hydrogens is 290 g/mol. The van der Waals surface area contributed by atoms with E-state index in [4.69, 9.17) is 10.8 Å². The molecule has 1 aromatic heterocycles. The number of aromatic amines is 1. The highest BCUT2D eigenvalue weighted by Crippen LogP contribution is 2.09. The van der Waals surface area contributed by atoms with Crippen LogP contribution in [-0.4, -0.2) is 32.9 Å². The predicted octanol–water partition coefficient (Wildman–Crippen LogP) is -0.374. The van der Waals surface area contributed by atoms with Crippen LogP contribution in [-0.2, 0) is 9.59 Å². The SMILES string of the molecule is N/C(=N/c1nc2ccccc2c(=O)[nH]1)NC(=O)/C=C\C(=O)O. The number of carboxylic acids is 1. The summed E-state index contributed by atoms with van der Waals surface area (Å²) in [5, 5.41) is 10.9. The molecule has 9 heteroatoms. The number of para-hydroxylation sites is 1. The molecule has 0 saturated carbocycles. The Morgan fingerprint density at radius 1 is 1.32 bits per heavy atom. The highest BCUT2D eigenvalue weighted by molar-refractivity contribution is 6.04. The van der Waals surface area contributed by atoms with Crippen molar-refractivity contribution in [3.63, 3.8) is 0 Å². The number of hydrogen-bond donors (Lipinski definition) is 4. The summed E-state index contributed by atoms with van der Waals surface area (Å²) in [5.74, 6) is -2.46. The summed E-state index contributed by atoms with van der Waals surface area (Å²) < 4.78 is 0. The first-order valence-electron chi connectivity index (χ1n) is 6.01. The molecule has 0 radical (unpaired) electrons. The van der Waals surface area contributed by atoms with E-state index in [-0.39, 0.29) is 11.9 Å². The van der Waals surface area contributed by atoms with Crippen molar-refractivity contribution in [3.8, 4) is 0 Å². The third kappa shape index (κ3) is 3.76. The minimum atomic E-state index is -1.27. The molecule has 22 heavy (non-hydrogen) atoms. The summed E-state index contributed by atoms with van der Waals surface area (Å²) in [6.45, 7) is 0. The van der Waals surface area contributed by atoms with E-state index in [0.29, 0.717) is 17.0 Å². The second kappa shape index (κ2) is 6.31. The average Bonchev–Trinajstić information content (AvgIpc) is 2.45. The van der Waals surface area contributed by atoms with Crippen LogP contribution in [0.25, 0.3) is 10.9 Å². The number of H-pyrrole nitrogens is 1. The Morgan fingerprint density at radius 2 is 2.05 bits per heavy atom. The Hall–Kier alpha value is -3.49. The van der Waals surface area contributed by atoms with Crippen LogP contribution in [0, 0.1) is 0 Å². The van der Waals surface area contributed by atoms with Crippen molar-refractivity contribution in [2.24, 2.45) is 10.7 Å². The zero-order chi connectivity index (χ0) is 16.1. The molecule has 9 nitrogen and oxygen atoms in total. The first kappa shape index (κ1) is 14.9. The molecule has 1 amide bonds. The minimum absolute atomic E-state index is 0.0799. The van der Waals surface area contributed by atoms with E-state index in [0.717, 1.165) is 6.08 Å². The number of aliphatic imine (C=N–C) groups is 1. The van der Waals surface area contributed by atoms with Crippen molar-refractivity contribution in [1.82, 2.24) is 15.3 Å². The third-order valence-corrected chi connectivity index (χ3v) is 2.46. The summed E-state index contributed by atoms with van der Waals surface area (Å²) in [6.07, 6.45) is 1.43. The van der Waals surface area contributed by atoms with Gasteiger partial charge in [0.1, 0.15) is 0 Å². The van der Waals surface area contributed by atoms with Gasteiger partial charge in [0.05, 0.1) is 10.9 Å². The van der Waals surface area contributed by atoms with Gasteiger partial charge in [-0.25, -0.2) is 9.78 Å². The Balaban J connectivity index is 2.23. The van der Waals surface area contributed by atoms with Gasteiger partial charge in [-0.2, -0.15) is 4.99 Å². The van der Waals surface area contributed by atoms with Gasteiger partial charge in [0, 0.05) is 12.2 Å². The Morgan fingerprint density at radius 3 is 2.77 bits per heavy atom. The van der Waals surface area contributed by atoms with Crippen LogP contribution < -0.4 is 16.6 Å². The molecule has 0 saturated heterocycles. The highest BCUT2D eigenvalue weighted by atomic mass is 16.4. The summed E-state index contributed by atoms with van der Waals surface area (Å²) in [6, 6.07) is 6.65. The number of carboxylic acid groups (broad SMARTS) is 1. The Kier molecular flexibility index (Phi) is 4.27. The van der Waals surface area contributed by atoms with Crippen LogP contribution >= 0.6 is 0 Å². The van der Waals surface area contributed by atoms with E-state index in [2.05, 4.69) is 20.3 Å². The third-order valence-electron chi connectivity index (χ3n) is 2.46. The van der Waals surface area contributed by atoms with E-state index >= 15 is 0 Å². The average molecular weight is 301 g/mol. The molecule has 2 aromatic rings. The van der Waals surface area contributed by atoms with E-state index in [1.54, 1.807) is 24.3 Å². The predicted molar refractivity (Wildman–Crippen MR) is 78.6 cm³/mol. The standard InChI is InChI=1S/C13H11N5O4/c14-12(16-9(19)5-6-10(20)21)18-13-15-8-4-2-1-3-7(8)11(22)17-13/h1-6H,(H,20,21)(H4,14,15,16,17,18,19,22)/b6-5-. The molecule has 0 aliphatic heterocycles. The number of amides is 1. The smallest absolute Gasteiger partial charge is 0.328 e. The van der Waals surface area contributed by atoms with Crippen molar-refractivity contribution in [3.05, 3.63) is 46.8 Å². The number of carbonyl (C=O) groups is 2. The number of aromatic nitrogens is 2. The van der Waals surface area contributed by atoms with Gasteiger partial charge in [-0.3, -0.25) is 19.9 Å². The summed E-state index contributed by atoms with van der Waals surface area (Å²) >= 11 is 0. The van der Waals surface area contributed by atoms with Gasteiger partial charge in [-0.15, -0.1) is 0 Å². The number of rotatable bonds is 3. The zero-order valence-corrected chi connectivity index (χ0v) is 11.1. The maximum Gasteiger partial charge on any atom is 0.328 e. The number of hydrogen-bond acceptors (Lipinski definition) is 5. The van der Waals surface area contributed by atoms with Crippen molar-refractivity contribution < 1.29 is 14.7 Å². The number of nitrogens with one attached hydrogen (secondary N) is 2. The van der Waals surface area contributed by atoms with Gasteiger partial charge in [0.2, 0.25) is 11.9 Å². The van der Waals surface area contributed by atoms with E-state index in [1.807, 2.05) is 0 Å². The van der Waals surface area contributed by atoms with Crippen molar-refractivity contribution >= 4 is 34.7 Å². The quantitative estimate of drug-likeness (QED) is 0.345. The summed E-state index contributed by atoms with van der Waals surface area (Å²) in [5.41, 5.74) is 5.51. The van der Waals surface area contributed by atoms with Crippen LogP contribution in [0.2, 0.25) is 0 Å². The first-order chi connectivity index (χ1) is 10.5. The van der Waals surface area contributed by atoms with E-state index in [1.165, 1.54) is 0 Å². The van der Waals surface area contributed by atoms with Crippen LogP contribution in [0.1, 0.15) is 0 Å². The largest absolute Gasteiger partial charge is 0.478 e. The van der Waals surface area contributed by atoms with Gasteiger partial charge in [-0.05, 0) is 12.1 Å². The lowest BCUT2D eigenvalue weighted by Crippen LogP contribution is -2.35. The molecular formula is C13H11N5O4. The maximum absolute atomic E-state index is 11.8. The number of guanidine groups is 1. The molecule has 0 aliphatic carbocycles. The first-order valence-corrected chi connectivity index (χ1v) is 6.01. The molecule has 1 heterocycles. The molecule has 1 aromatic carbocycles. The van der Waals surface area contributed by atoms with Crippen LogP contribution in [0.5, 0.6) is 0 Å². The number of fused-ring (bicyclic) bond motifs is 1. The number of nitrogens with two attached hydrogens (primary N) is 1. The van der Waals surface area contributed by atoms with Crippen LogP contribution in [0.3, 0.4) is 0 Å². The zero-order valence-electron chi connectivity index (χ0n) is 11.1. The van der Waals surface area contributed by atoms with Gasteiger partial charge in [0.25, 0.3) is 11.5 Å². The molecule has 0 spiro atoms. The van der Waals surface area contributed by atoms with Gasteiger partial charge in [-0.1, -0.05) is 12.1 Å². The van der Waals surface area contributed by atoms with Crippen molar-refractivity contribution in [2.45, 2.75) is 0 Å². The Bertz CT molecular complexity index is 853. The van der Waals surface area contributed by atoms with E-state index < -0.39 is 17.4 Å². The summed E-state index contributed by atoms with van der Waals surface area (Å²) in [7, 11) is 0. The monoisotopic (exact) mass is 301 g/mol. The fourth-order valence-electron chi connectivity index (χ4n) is 1.58. The molecule has 0 atom stereocenters. The van der Waals surface area contributed by atoms with E-state index in [9.17, 15) is 14.4 Å². The molecule has 0 fully saturated rings. The number of carbonyl (C=O) groups excluding carboxylic acids is 1. The maximum atomic E-state index is 11.8. The van der Waals surface area contributed by atoms with Gasteiger partial charge >= 0.3 is 5.97 Å². The van der Waals surface area contributed by atoms with Crippen molar-refractivity contribution in [2.75, 3.05) is 0 Å². The Labute approximate surface area is 123 Å². The molecule has 0 aliphatic rings. The lowest BCUT2D eigenvalue weighted by molar-refractivity contribution is -0.131. The lowest BCUT2D eigenvalue weighted by atomic mass is 10.2. The molecule has 2 rings (SSSR count). The van der Waals surface area contributed by atoms with Crippen molar-refractivity contribution in [1.29, 1.82) is 0 Å². The molecule has 0 bridgehead atoms. The second-order valence-corrected chi connectivity index (χ2v) is 4.06. The number of aliphatic carboxylic acids is 1. The second-order valence-electron chi connectivity index (χ2n) is 4.06. The van der Waals surface area contributed by atoms with Gasteiger partial charge in [0.15, 0.2) is 0 Å². The minimum Gasteiger partial charge on any atom is -0.478 e. The number of nitrogens with zero attached hydrogens (tertiary/aromatic N) is 2. The molecule has 0 unspecified atom stereocenters. The molecule has 5 N–H and O–H groups in total.